The summed E-state index contributed by atoms with van der Waals surface area (Å²) in [6.07, 6.45) is 6.95. The quantitative estimate of drug-likeness (QED) is 0.796. The maximum Gasteiger partial charge on any atom is 0.253 e. The van der Waals surface area contributed by atoms with Crippen molar-refractivity contribution in [2.24, 2.45) is 0 Å². The minimum atomic E-state index is -0.0230. The topological polar surface area (TPSA) is 57.3 Å². The Morgan fingerprint density at radius 1 is 1.35 bits per heavy atom. The van der Waals surface area contributed by atoms with Gasteiger partial charge in [-0.15, -0.1) is 0 Å². The normalized spacial score (nSPS) is 15.2. The second kappa shape index (κ2) is 7.85. The third-order valence-electron chi connectivity index (χ3n) is 3.54. The average Bonchev–Trinajstić information content (AvgIpc) is 2.98. The van der Waals surface area contributed by atoms with Crippen LogP contribution in [0, 0.1) is 0 Å². The van der Waals surface area contributed by atoms with Crippen LogP contribution in [0.1, 0.15) is 36.5 Å². The summed E-state index contributed by atoms with van der Waals surface area (Å²) in [5.74, 6) is -0.0230. The summed E-state index contributed by atoms with van der Waals surface area (Å²) in [5.41, 5.74) is 1.49. The van der Waals surface area contributed by atoms with Crippen molar-refractivity contribution in [2.75, 3.05) is 38.0 Å². The second-order valence-corrected chi connectivity index (χ2v) is 5.15. The third kappa shape index (κ3) is 4.20. The first kappa shape index (κ1) is 14.8. The minimum Gasteiger partial charge on any atom is -0.383 e. The molecule has 2 N–H and O–H groups in total. The van der Waals surface area contributed by atoms with Gasteiger partial charge in [-0.2, -0.15) is 0 Å². The first-order chi connectivity index (χ1) is 9.81. The summed E-state index contributed by atoms with van der Waals surface area (Å²) >= 11 is 0. The molecule has 1 fully saturated rings. The van der Waals surface area contributed by atoms with Gasteiger partial charge < -0.3 is 15.5 Å². The molecule has 20 heavy (non-hydrogen) atoms. The maximum atomic E-state index is 12.2. The Morgan fingerprint density at radius 3 is 2.90 bits per heavy atom. The van der Waals surface area contributed by atoms with E-state index in [2.05, 4.69) is 27.4 Å². The van der Waals surface area contributed by atoms with Crippen molar-refractivity contribution in [3.63, 3.8) is 0 Å². The van der Waals surface area contributed by atoms with Gasteiger partial charge >= 0.3 is 0 Å². The highest BCUT2D eigenvalue weighted by molar-refractivity contribution is 5.99. The first-order valence-corrected chi connectivity index (χ1v) is 7.49. The fraction of sp³-hybridized carbons (Fsp3) is 0.600. The number of carbonyl (C=O) groups excluding carboxylic acids is 1. The molecule has 0 unspecified atom stereocenters. The van der Waals surface area contributed by atoms with Gasteiger partial charge in [0, 0.05) is 25.8 Å². The van der Waals surface area contributed by atoms with E-state index in [1.807, 2.05) is 0 Å². The predicted molar refractivity (Wildman–Crippen MR) is 81.0 cm³/mol. The van der Waals surface area contributed by atoms with Crippen molar-refractivity contribution in [2.45, 2.75) is 26.2 Å². The number of amides is 1. The lowest BCUT2D eigenvalue weighted by molar-refractivity contribution is 0.0950. The molecule has 2 rings (SSSR count). The number of hydrogen-bond donors (Lipinski definition) is 2. The van der Waals surface area contributed by atoms with E-state index >= 15 is 0 Å². The highest BCUT2D eigenvalue weighted by Crippen LogP contribution is 2.13. The molecule has 0 bridgehead atoms. The van der Waals surface area contributed by atoms with Crippen molar-refractivity contribution >= 4 is 11.6 Å². The molecule has 1 amide bonds. The van der Waals surface area contributed by atoms with Crippen molar-refractivity contribution < 1.29 is 4.79 Å². The summed E-state index contributed by atoms with van der Waals surface area (Å²) in [6, 6.07) is 1.77. The zero-order valence-electron chi connectivity index (χ0n) is 12.2. The zero-order valence-corrected chi connectivity index (χ0v) is 12.2. The molecule has 0 spiro atoms. The van der Waals surface area contributed by atoms with Crippen LogP contribution in [0.15, 0.2) is 18.5 Å². The lowest BCUT2D eigenvalue weighted by Crippen LogP contribution is -2.33. The Morgan fingerprint density at radius 2 is 2.15 bits per heavy atom. The molecule has 0 radical (unpaired) electrons. The van der Waals surface area contributed by atoms with E-state index in [4.69, 9.17) is 0 Å². The monoisotopic (exact) mass is 276 g/mol. The van der Waals surface area contributed by atoms with Crippen molar-refractivity contribution in [3.05, 3.63) is 24.0 Å². The summed E-state index contributed by atoms with van der Waals surface area (Å²) in [5, 5.41) is 6.24. The Bertz CT molecular complexity index is 430. The van der Waals surface area contributed by atoms with Crippen LogP contribution in [0.25, 0.3) is 0 Å². The molecule has 110 valence electrons. The molecule has 0 saturated carbocycles. The minimum absolute atomic E-state index is 0.0230. The van der Waals surface area contributed by atoms with Crippen LogP contribution in [-0.2, 0) is 0 Å². The van der Waals surface area contributed by atoms with Gasteiger partial charge in [-0.1, -0.05) is 6.92 Å². The summed E-state index contributed by atoms with van der Waals surface area (Å²) in [4.78, 5) is 18.7. The van der Waals surface area contributed by atoms with Gasteiger partial charge in [0.05, 0.1) is 17.4 Å². The van der Waals surface area contributed by atoms with Crippen molar-refractivity contribution in [1.29, 1.82) is 0 Å². The Kier molecular flexibility index (Phi) is 5.80. The van der Waals surface area contributed by atoms with Gasteiger partial charge in [0.25, 0.3) is 5.91 Å². The predicted octanol–water partition coefficient (Wildman–Crippen LogP) is 1.73. The average molecular weight is 276 g/mol. The third-order valence-corrected chi connectivity index (χ3v) is 3.54. The Labute approximate surface area is 120 Å². The number of likely N-dealkylation sites (tertiary alicyclic amines) is 1. The van der Waals surface area contributed by atoms with Crippen LogP contribution in [0.5, 0.6) is 0 Å². The van der Waals surface area contributed by atoms with Gasteiger partial charge in [0.2, 0.25) is 0 Å². The molecule has 0 aromatic carbocycles. The number of pyridine rings is 1. The molecule has 1 aliphatic heterocycles. The first-order valence-electron chi connectivity index (χ1n) is 7.49. The number of rotatable bonds is 7. The summed E-state index contributed by atoms with van der Waals surface area (Å²) in [6.45, 7) is 6.91. The molecule has 1 aromatic rings. The molecule has 0 atom stereocenters. The largest absolute Gasteiger partial charge is 0.383 e. The standard InChI is InChI=1S/C15H24N4O/c1-2-6-17-14-12-16-7-5-13(14)15(20)18-8-11-19-9-3-4-10-19/h5,7,12,17H,2-4,6,8-11H2,1H3,(H,18,20). The van der Waals surface area contributed by atoms with Crippen LogP contribution < -0.4 is 10.6 Å². The van der Waals surface area contributed by atoms with E-state index in [9.17, 15) is 4.79 Å². The fourth-order valence-corrected chi connectivity index (χ4v) is 2.42. The van der Waals surface area contributed by atoms with Gasteiger partial charge in [-0.25, -0.2) is 0 Å². The van der Waals surface area contributed by atoms with E-state index in [0.29, 0.717) is 12.1 Å². The SMILES string of the molecule is CCCNc1cnccc1C(=O)NCCN1CCCC1. The molecule has 1 saturated heterocycles. The molecule has 5 heteroatoms. The van der Waals surface area contributed by atoms with Crippen molar-refractivity contribution in [1.82, 2.24) is 15.2 Å². The Hall–Kier alpha value is -1.62. The highest BCUT2D eigenvalue weighted by Gasteiger charge is 2.13. The summed E-state index contributed by atoms with van der Waals surface area (Å²) < 4.78 is 0. The number of carbonyl (C=O) groups is 1. The second-order valence-electron chi connectivity index (χ2n) is 5.15. The van der Waals surface area contributed by atoms with E-state index in [1.165, 1.54) is 12.8 Å². The van der Waals surface area contributed by atoms with Crippen LogP contribution in [0.2, 0.25) is 0 Å². The van der Waals surface area contributed by atoms with Gasteiger partial charge in [0.15, 0.2) is 0 Å². The smallest absolute Gasteiger partial charge is 0.253 e. The molecule has 0 aliphatic carbocycles. The highest BCUT2D eigenvalue weighted by atomic mass is 16.1. The van der Waals surface area contributed by atoms with Crippen LogP contribution in [0.4, 0.5) is 5.69 Å². The van der Waals surface area contributed by atoms with Gasteiger partial charge in [-0.05, 0) is 38.4 Å². The van der Waals surface area contributed by atoms with Crippen molar-refractivity contribution in [3.8, 4) is 0 Å². The fourth-order valence-electron chi connectivity index (χ4n) is 2.42. The lowest BCUT2D eigenvalue weighted by Gasteiger charge is -2.15. The van der Waals surface area contributed by atoms with E-state index in [1.54, 1.807) is 18.5 Å². The Balaban J connectivity index is 1.84. The zero-order chi connectivity index (χ0) is 14.2. The van der Waals surface area contributed by atoms with E-state index in [0.717, 1.165) is 38.3 Å². The molecular formula is C15H24N4O. The molecular weight excluding hydrogens is 252 g/mol. The van der Waals surface area contributed by atoms with Gasteiger partial charge in [-0.3, -0.25) is 9.78 Å². The number of hydrogen-bond acceptors (Lipinski definition) is 4. The number of anilines is 1. The molecule has 2 heterocycles. The number of nitrogens with one attached hydrogen (secondary N) is 2. The number of nitrogens with zero attached hydrogens (tertiary/aromatic N) is 2. The molecule has 5 nitrogen and oxygen atoms in total. The summed E-state index contributed by atoms with van der Waals surface area (Å²) in [7, 11) is 0. The maximum absolute atomic E-state index is 12.2. The molecule has 1 aliphatic rings. The van der Waals surface area contributed by atoms with Crippen LogP contribution in [-0.4, -0.2) is 48.5 Å². The molecule has 1 aromatic heterocycles. The van der Waals surface area contributed by atoms with E-state index < -0.39 is 0 Å². The van der Waals surface area contributed by atoms with Crippen LogP contribution in [0.3, 0.4) is 0 Å². The lowest BCUT2D eigenvalue weighted by atomic mass is 10.2. The van der Waals surface area contributed by atoms with Crippen LogP contribution >= 0.6 is 0 Å². The van der Waals surface area contributed by atoms with E-state index in [-0.39, 0.29) is 5.91 Å². The number of aromatic nitrogens is 1. The van der Waals surface area contributed by atoms with Gasteiger partial charge in [0.1, 0.15) is 0 Å².